The first-order valence-electron chi connectivity index (χ1n) is 5.76. The van der Waals surface area contributed by atoms with Crippen molar-refractivity contribution in [1.82, 2.24) is 5.32 Å². The van der Waals surface area contributed by atoms with E-state index in [9.17, 15) is 4.79 Å². The van der Waals surface area contributed by atoms with E-state index < -0.39 is 5.92 Å². The highest BCUT2D eigenvalue weighted by molar-refractivity contribution is 6.02. The molecule has 0 fully saturated rings. The molecule has 0 saturated heterocycles. The number of hydrogen-bond donors (Lipinski definition) is 3. The average molecular weight is 253 g/mol. The van der Waals surface area contributed by atoms with Gasteiger partial charge in [-0.2, -0.15) is 0 Å². The van der Waals surface area contributed by atoms with Crippen molar-refractivity contribution in [3.05, 3.63) is 23.7 Å². The first kappa shape index (κ1) is 14.1. The van der Waals surface area contributed by atoms with Gasteiger partial charge in [-0.3, -0.25) is 4.79 Å². The molecule has 0 bridgehead atoms. The van der Waals surface area contributed by atoms with Gasteiger partial charge in [0, 0.05) is 0 Å². The molecule has 0 spiro atoms. The van der Waals surface area contributed by atoms with Gasteiger partial charge in [-0.1, -0.05) is 19.0 Å². The van der Waals surface area contributed by atoms with Gasteiger partial charge in [0.2, 0.25) is 5.91 Å². The molecule has 1 unspecified atom stereocenters. The summed E-state index contributed by atoms with van der Waals surface area (Å²) in [5.41, 5.74) is 5.51. The van der Waals surface area contributed by atoms with Crippen LogP contribution in [0.25, 0.3) is 0 Å². The van der Waals surface area contributed by atoms with E-state index >= 15 is 0 Å². The number of carbonyl (C=O) groups excluding carboxylic acids is 1. The summed E-state index contributed by atoms with van der Waals surface area (Å²) in [5, 5.41) is 14.3. The van der Waals surface area contributed by atoms with E-state index in [1.807, 2.05) is 26.8 Å². The molecule has 0 saturated carbocycles. The van der Waals surface area contributed by atoms with E-state index in [0.29, 0.717) is 5.76 Å². The highest BCUT2D eigenvalue weighted by Gasteiger charge is 2.26. The minimum atomic E-state index is -0.647. The first-order valence-corrected chi connectivity index (χ1v) is 5.76. The number of amidine groups is 1. The van der Waals surface area contributed by atoms with Crippen LogP contribution in [-0.4, -0.2) is 17.0 Å². The molecular weight excluding hydrogens is 234 g/mol. The highest BCUT2D eigenvalue weighted by atomic mass is 16.4. The second kappa shape index (κ2) is 6.09. The van der Waals surface area contributed by atoms with Crippen LogP contribution in [0.3, 0.4) is 0 Å². The molecule has 100 valence electrons. The Labute approximate surface area is 106 Å². The number of hydrogen-bond acceptors (Lipinski definition) is 4. The van der Waals surface area contributed by atoms with Crippen molar-refractivity contribution in [3.8, 4) is 0 Å². The molecule has 18 heavy (non-hydrogen) atoms. The van der Waals surface area contributed by atoms with E-state index in [4.69, 9.17) is 15.4 Å². The van der Waals surface area contributed by atoms with Crippen LogP contribution in [-0.2, 0) is 11.3 Å². The smallest absolute Gasteiger partial charge is 0.231 e. The normalized spacial score (nSPS) is 13.7. The molecule has 1 aromatic rings. The fraction of sp³-hybridized carbons (Fsp3) is 0.500. The molecule has 0 aromatic carbocycles. The van der Waals surface area contributed by atoms with Crippen LogP contribution in [0.1, 0.15) is 25.4 Å². The standard InChI is InChI=1S/C12H19N3O3/c1-7(2)10(11(13)15-17)12(16)14-6-9-5-4-8(3)18-9/h4-5,7,10,17H,6H2,1-3H3,(H2,13,15)(H,14,16). The first-order chi connectivity index (χ1) is 8.45. The van der Waals surface area contributed by atoms with Gasteiger partial charge in [0.15, 0.2) is 5.84 Å². The number of aryl methyl sites for hydroxylation is 1. The summed E-state index contributed by atoms with van der Waals surface area (Å²) in [7, 11) is 0. The summed E-state index contributed by atoms with van der Waals surface area (Å²) in [6, 6.07) is 3.62. The number of nitrogens with one attached hydrogen (secondary N) is 1. The summed E-state index contributed by atoms with van der Waals surface area (Å²) < 4.78 is 5.34. The monoisotopic (exact) mass is 253 g/mol. The van der Waals surface area contributed by atoms with Crippen LogP contribution in [0.2, 0.25) is 0 Å². The minimum Gasteiger partial charge on any atom is -0.465 e. The van der Waals surface area contributed by atoms with E-state index in [0.717, 1.165) is 5.76 Å². The van der Waals surface area contributed by atoms with Gasteiger partial charge in [-0.05, 0) is 25.0 Å². The maximum Gasteiger partial charge on any atom is 0.231 e. The number of nitrogens with two attached hydrogens (primary N) is 1. The molecule has 1 aromatic heterocycles. The van der Waals surface area contributed by atoms with Gasteiger partial charge in [-0.15, -0.1) is 0 Å². The number of furan rings is 1. The molecular formula is C12H19N3O3. The summed E-state index contributed by atoms with van der Waals surface area (Å²) in [6.07, 6.45) is 0. The molecule has 0 radical (unpaired) electrons. The van der Waals surface area contributed by atoms with Crippen molar-refractivity contribution in [3.63, 3.8) is 0 Å². The highest BCUT2D eigenvalue weighted by Crippen LogP contribution is 2.12. The Hall–Kier alpha value is -1.98. The van der Waals surface area contributed by atoms with Gasteiger partial charge in [0.25, 0.3) is 0 Å². The topological polar surface area (TPSA) is 101 Å². The van der Waals surface area contributed by atoms with Crippen LogP contribution >= 0.6 is 0 Å². The van der Waals surface area contributed by atoms with Crippen LogP contribution in [0.4, 0.5) is 0 Å². The Balaban J connectivity index is 2.62. The summed E-state index contributed by atoms with van der Waals surface area (Å²) in [4.78, 5) is 11.9. The Morgan fingerprint density at radius 3 is 2.67 bits per heavy atom. The van der Waals surface area contributed by atoms with Crippen LogP contribution < -0.4 is 11.1 Å². The lowest BCUT2D eigenvalue weighted by atomic mass is 9.94. The van der Waals surface area contributed by atoms with Crippen molar-refractivity contribution in [2.75, 3.05) is 0 Å². The Bertz CT molecular complexity index is 438. The Morgan fingerprint density at radius 2 is 2.22 bits per heavy atom. The summed E-state index contributed by atoms with van der Waals surface area (Å²) in [6.45, 7) is 5.78. The molecule has 1 heterocycles. The second-order valence-corrected chi connectivity index (χ2v) is 4.48. The molecule has 6 heteroatoms. The number of oxime groups is 1. The fourth-order valence-electron chi connectivity index (χ4n) is 1.71. The lowest BCUT2D eigenvalue weighted by Crippen LogP contribution is -2.41. The Morgan fingerprint density at radius 1 is 1.56 bits per heavy atom. The molecule has 0 aliphatic carbocycles. The quantitative estimate of drug-likeness (QED) is 0.318. The number of carbonyl (C=O) groups is 1. The van der Waals surface area contributed by atoms with Crippen LogP contribution in [0.5, 0.6) is 0 Å². The van der Waals surface area contributed by atoms with Gasteiger partial charge < -0.3 is 20.7 Å². The minimum absolute atomic E-state index is 0.0563. The molecule has 1 rings (SSSR count). The third-order valence-corrected chi connectivity index (χ3v) is 2.62. The van der Waals surface area contributed by atoms with Crippen molar-refractivity contribution in [1.29, 1.82) is 0 Å². The zero-order chi connectivity index (χ0) is 13.7. The van der Waals surface area contributed by atoms with Crippen molar-refractivity contribution in [2.45, 2.75) is 27.3 Å². The predicted molar refractivity (Wildman–Crippen MR) is 67.0 cm³/mol. The zero-order valence-electron chi connectivity index (χ0n) is 10.8. The van der Waals surface area contributed by atoms with Crippen molar-refractivity contribution >= 4 is 11.7 Å². The number of amides is 1. The maximum absolute atomic E-state index is 11.9. The fourth-order valence-corrected chi connectivity index (χ4v) is 1.71. The number of nitrogens with zero attached hydrogens (tertiary/aromatic N) is 1. The van der Waals surface area contributed by atoms with E-state index in [2.05, 4.69) is 10.5 Å². The van der Waals surface area contributed by atoms with E-state index in [-0.39, 0.29) is 24.2 Å². The molecule has 6 nitrogen and oxygen atoms in total. The van der Waals surface area contributed by atoms with Gasteiger partial charge in [0.1, 0.15) is 17.4 Å². The molecule has 1 amide bonds. The molecule has 1 atom stereocenters. The summed E-state index contributed by atoms with van der Waals surface area (Å²) in [5.74, 6) is 0.386. The molecule has 0 aliphatic rings. The second-order valence-electron chi connectivity index (χ2n) is 4.48. The number of rotatable bonds is 5. The zero-order valence-corrected chi connectivity index (χ0v) is 10.8. The largest absolute Gasteiger partial charge is 0.465 e. The Kier molecular flexibility index (Phi) is 4.76. The SMILES string of the molecule is Cc1ccc(CNC(=O)C(/C(N)=N/O)C(C)C)o1. The van der Waals surface area contributed by atoms with Crippen molar-refractivity contribution in [2.24, 2.45) is 22.7 Å². The van der Waals surface area contributed by atoms with Crippen molar-refractivity contribution < 1.29 is 14.4 Å². The van der Waals surface area contributed by atoms with Gasteiger partial charge >= 0.3 is 0 Å². The van der Waals surface area contributed by atoms with Crippen LogP contribution in [0, 0.1) is 18.8 Å². The lowest BCUT2D eigenvalue weighted by Gasteiger charge is -2.18. The van der Waals surface area contributed by atoms with Crippen LogP contribution in [0.15, 0.2) is 21.7 Å². The lowest BCUT2D eigenvalue weighted by molar-refractivity contribution is -0.124. The van der Waals surface area contributed by atoms with Gasteiger partial charge in [-0.25, -0.2) is 0 Å². The molecule has 4 N–H and O–H groups in total. The maximum atomic E-state index is 11.9. The third-order valence-electron chi connectivity index (χ3n) is 2.62. The van der Waals surface area contributed by atoms with E-state index in [1.54, 1.807) is 6.07 Å². The van der Waals surface area contributed by atoms with Gasteiger partial charge in [0.05, 0.1) is 6.54 Å². The third kappa shape index (κ3) is 3.51. The molecule has 0 aliphatic heterocycles. The predicted octanol–water partition coefficient (Wildman–Crippen LogP) is 1.22. The van der Waals surface area contributed by atoms with E-state index in [1.165, 1.54) is 0 Å². The average Bonchev–Trinajstić information content (AvgIpc) is 2.72. The summed E-state index contributed by atoms with van der Waals surface area (Å²) >= 11 is 0.